The van der Waals surface area contributed by atoms with Gasteiger partial charge in [0.1, 0.15) is 12.4 Å². The van der Waals surface area contributed by atoms with E-state index in [0.29, 0.717) is 12.4 Å². The molecule has 7 nitrogen and oxygen atoms in total. The number of carbonyl (C=O) groups is 1. The molecule has 2 unspecified atom stereocenters. The van der Waals surface area contributed by atoms with Crippen LogP contribution in [0.2, 0.25) is 0 Å². The minimum Gasteiger partial charge on any atom is -0.479 e. The summed E-state index contributed by atoms with van der Waals surface area (Å²) in [5, 5.41) is 25.5. The van der Waals surface area contributed by atoms with Crippen molar-refractivity contribution in [1.82, 2.24) is 14.8 Å². The fourth-order valence-electron chi connectivity index (χ4n) is 1.85. The first kappa shape index (κ1) is 12.0. The van der Waals surface area contributed by atoms with E-state index in [4.69, 9.17) is 9.84 Å². The molecule has 1 fully saturated rings. The molecule has 2 rings (SSSR count). The van der Waals surface area contributed by atoms with Crippen molar-refractivity contribution in [3.8, 4) is 0 Å². The minimum absolute atomic E-state index is 0.0560. The predicted octanol–water partition coefficient (Wildman–Crippen LogP) is -0.0348. The summed E-state index contributed by atoms with van der Waals surface area (Å²) in [6.07, 6.45) is 2.16. The van der Waals surface area contributed by atoms with Crippen LogP contribution in [0.5, 0.6) is 0 Å². The summed E-state index contributed by atoms with van der Waals surface area (Å²) in [6, 6.07) is 0. The Morgan fingerprint density at radius 1 is 1.71 bits per heavy atom. The maximum atomic E-state index is 10.5. The minimum atomic E-state index is -1.35. The van der Waals surface area contributed by atoms with Crippen LogP contribution in [0.1, 0.15) is 31.2 Å². The van der Waals surface area contributed by atoms with Gasteiger partial charge in [-0.15, -0.1) is 10.2 Å². The highest BCUT2D eigenvalue weighted by atomic mass is 16.5. The van der Waals surface area contributed by atoms with Crippen molar-refractivity contribution in [3.05, 3.63) is 12.2 Å². The van der Waals surface area contributed by atoms with E-state index in [2.05, 4.69) is 10.2 Å². The molecule has 2 atom stereocenters. The molecule has 94 valence electrons. The quantitative estimate of drug-likeness (QED) is 0.751. The average molecular weight is 241 g/mol. The van der Waals surface area contributed by atoms with E-state index in [1.807, 2.05) is 0 Å². The number of aryl methyl sites for hydroxylation is 1. The Hall–Kier alpha value is -1.47. The highest BCUT2D eigenvalue weighted by Crippen LogP contribution is 2.26. The van der Waals surface area contributed by atoms with Gasteiger partial charge in [0.05, 0.1) is 0 Å². The number of aromatic nitrogens is 3. The van der Waals surface area contributed by atoms with Gasteiger partial charge in [0.25, 0.3) is 0 Å². The molecule has 0 radical (unpaired) electrons. The van der Waals surface area contributed by atoms with Crippen LogP contribution in [0.4, 0.5) is 0 Å². The molecule has 7 heteroatoms. The van der Waals surface area contributed by atoms with Gasteiger partial charge in [-0.1, -0.05) is 0 Å². The number of hydrogen-bond donors (Lipinski definition) is 2. The fourth-order valence-corrected chi connectivity index (χ4v) is 1.85. The zero-order valence-electron chi connectivity index (χ0n) is 9.32. The van der Waals surface area contributed by atoms with Crippen LogP contribution in [0.25, 0.3) is 0 Å². The van der Waals surface area contributed by atoms with Gasteiger partial charge >= 0.3 is 5.97 Å². The van der Waals surface area contributed by atoms with Gasteiger partial charge in [0.15, 0.2) is 11.9 Å². The number of hydrogen-bond acceptors (Lipinski definition) is 5. The van der Waals surface area contributed by atoms with Crippen LogP contribution in [0.3, 0.4) is 0 Å². The van der Waals surface area contributed by atoms with Gasteiger partial charge in [0, 0.05) is 19.6 Å². The largest absolute Gasteiger partial charge is 0.479 e. The van der Waals surface area contributed by atoms with Gasteiger partial charge in [-0.05, 0) is 12.8 Å². The van der Waals surface area contributed by atoms with Crippen molar-refractivity contribution in [2.24, 2.45) is 0 Å². The number of ether oxygens (including phenoxy) is 1. The molecule has 0 saturated carbocycles. The summed E-state index contributed by atoms with van der Waals surface area (Å²) in [5.41, 5.74) is 0. The Kier molecular flexibility index (Phi) is 3.70. The molecule has 1 aliphatic rings. The lowest BCUT2D eigenvalue weighted by atomic mass is 10.2. The zero-order chi connectivity index (χ0) is 12.3. The monoisotopic (exact) mass is 241 g/mol. The lowest BCUT2D eigenvalue weighted by Crippen LogP contribution is -2.22. The second-order valence-corrected chi connectivity index (χ2v) is 4.03. The van der Waals surface area contributed by atoms with E-state index >= 15 is 0 Å². The molecule has 1 aromatic rings. The van der Waals surface area contributed by atoms with Crippen molar-refractivity contribution in [2.45, 2.75) is 38.0 Å². The molecule has 0 aromatic carbocycles. The lowest BCUT2D eigenvalue weighted by molar-refractivity contribution is -0.147. The Bertz CT molecular complexity index is 387. The summed E-state index contributed by atoms with van der Waals surface area (Å²) in [4.78, 5) is 10.5. The van der Waals surface area contributed by atoms with Crippen LogP contribution in [0.15, 0.2) is 6.33 Å². The van der Waals surface area contributed by atoms with Gasteiger partial charge in [0.2, 0.25) is 0 Å². The van der Waals surface area contributed by atoms with Crippen molar-refractivity contribution in [3.63, 3.8) is 0 Å². The molecule has 0 spiro atoms. The average Bonchev–Trinajstić information content (AvgIpc) is 2.95. The van der Waals surface area contributed by atoms with Crippen LogP contribution in [0, 0.1) is 0 Å². The van der Waals surface area contributed by atoms with Crippen molar-refractivity contribution < 1.29 is 19.7 Å². The van der Waals surface area contributed by atoms with E-state index in [-0.39, 0.29) is 12.5 Å². The van der Waals surface area contributed by atoms with E-state index in [0.717, 1.165) is 19.4 Å². The van der Waals surface area contributed by atoms with Crippen molar-refractivity contribution >= 4 is 5.97 Å². The lowest BCUT2D eigenvalue weighted by Gasteiger charge is -2.12. The number of rotatable bonds is 5. The van der Waals surface area contributed by atoms with Crippen LogP contribution in [-0.4, -0.2) is 43.7 Å². The third kappa shape index (κ3) is 2.80. The van der Waals surface area contributed by atoms with E-state index in [1.54, 1.807) is 4.57 Å². The Labute approximate surface area is 98.0 Å². The molecule has 2 heterocycles. The normalized spacial score (nSPS) is 21.6. The zero-order valence-corrected chi connectivity index (χ0v) is 9.32. The standard InChI is InChI=1S/C10H15N3O4/c14-7(10(15)16)3-4-13-6-11-12-9(13)8-2-1-5-17-8/h6-8,14H,1-5H2,(H,15,16). The number of nitrogens with zero attached hydrogens (tertiary/aromatic N) is 3. The van der Waals surface area contributed by atoms with Crippen molar-refractivity contribution in [2.75, 3.05) is 6.61 Å². The molecular weight excluding hydrogens is 226 g/mol. The third-order valence-electron chi connectivity index (χ3n) is 2.79. The van der Waals surface area contributed by atoms with Crippen molar-refractivity contribution in [1.29, 1.82) is 0 Å². The molecule has 1 saturated heterocycles. The molecule has 2 N–H and O–H groups in total. The summed E-state index contributed by atoms with van der Waals surface area (Å²) >= 11 is 0. The molecule has 17 heavy (non-hydrogen) atoms. The van der Waals surface area contributed by atoms with E-state index in [9.17, 15) is 9.90 Å². The number of carboxylic acids is 1. The summed E-state index contributed by atoms with van der Waals surface area (Å²) in [7, 11) is 0. The molecule has 1 aromatic heterocycles. The Morgan fingerprint density at radius 3 is 3.18 bits per heavy atom. The molecule has 0 amide bonds. The van der Waals surface area contributed by atoms with Gasteiger partial charge in [-0.3, -0.25) is 0 Å². The molecule has 1 aliphatic heterocycles. The van der Waals surface area contributed by atoms with E-state index < -0.39 is 12.1 Å². The van der Waals surface area contributed by atoms with E-state index in [1.165, 1.54) is 6.33 Å². The fraction of sp³-hybridized carbons (Fsp3) is 0.700. The summed E-state index contributed by atoms with van der Waals surface area (Å²) < 4.78 is 7.23. The molecule has 0 aliphatic carbocycles. The molecular formula is C10H15N3O4. The topological polar surface area (TPSA) is 97.5 Å². The van der Waals surface area contributed by atoms with Crippen LogP contribution >= 0.6 is 0 Å². The first-order valence-corrected chi connectivity index (χ1v) is 5.58. The second kappa shape index (κ2) is 5.24. The van der Waals surface area contributed by atoms with Gasteiger partial charge in [-0.2, -0.15) is 0 Å². The predicted molar refractivity (Wildman–Crippen MR) is 56.2 cm³/mol. The number of carboxylic acid groups (broad SMARTS) is 1. The van der Waals surface area contributed by atoms with Gasteiger partial charge < -0.3 is 19.5 Å². The molecule has 0 bridgehead atoms. The first-order valence-electron chi connectivity index (χ1n) is 5.58. The summed E-state index contributed by atoms with van der Waals surface area (Å²) in [5.74, 6) is -0.503. The number of aliphatic hydroxyl groups is 1. The van der Waals surface area contributed by atoms with Gasteiger partial charge in [-0.25, -0.2) is 4.79 Å². The van der Waals surface area contributed by atoms with Crippen LogP contribution in [-0.2, 0) is 16.1 Å². The highest BCUT2D eigenvalue weighted by molar-refractivity contribution is 5.71. The highest BCUT2D eigenvalue weighted by Gasteiger charge is 2.23. The second-order valence-electron chi connectivity index (χ2n) is 4.03. The maximum Gasteiger partial charge on any atom is 0.332 e. The Balaban J connectivity index is 1.96. The maximum absolute atomic E-state index is 10.5. The smallest absolute Gasteiger partial charge is 0.332 e. The number of aliphatic hydroxyl groups excluding tert-OH is 1. The SMILES string of the molecule is O=C(O)C(O)CCn1cnnc1C1CCCO1. The summed E-state index contributed by atoms with van der Waals surface area (Å²) in [6.45, 7) is 1.09. The van der Waals surface area contributed by atoms with Crippen LogP contribution < -0.4 is 0 Å². The number of aliphatic carboxylic acids is 1. The third-order valence-corrected chi connectivity index (χ3v) is 2.79. The first-order chi connectivity index (χ1) is 8.18. The Morgan fingerprint density at radius 2 is 2.53 bits per heavy atom.